The average molecular weight is 229 g/mol. The predicted molar refractivity (Wildman–Crippen MR) is 55.3 cm³/mol. The Labute approximate surface area is 92.2 Å². The third kappa shape index (κ3) is 2.43. The first-order valence-electron chi connectivity index (χ1n) is 4.72. The molecule has 0 saturated heterocycles. The smallest absolute Gasteiger partial charge is 0.184 e. The molecule has 5 heteroatoms. The Morgan fingerprint density at radius 1 is 1.44 bits per heavy atom. The van der Waals surface area contributed by atoms with Gasteiger partial charge in [-0.25, -0.2) is 8.78 Å². The second-order valence-corrected chi connectivity index (χ2v) is 3.48. The van der Waals surface area contributed by atoms with Crippen molar-refractivity contribution in [3.8, 4) is 0 Å². The minimum Gasteiger partial charge on any atom is -0.383 e. The van der Waals surface area contributed by atoms with Gasteiger partial charge in [-0.1, -0.05) is 6.07 Å². The van der Waals surface area contributed by atoms with Gasteiger partial charge in [0.15, 0.2) is 17.4 Å². The molecule has 0 amide bonds. The summed E-state index contributed by atoms with van der Waals surface area (Å²) >= 11 is 0. The van der Waals surface area contributed by atoms with E-state index in [-0.39, 0.29) is 17.7 Å². The Balaban J connectivity index is 3.05. The van der Waals surface area contributed by atoms with Gasteiger partial charge in [0.25, 0.3) is 0 Å². The average Bonchev–Trinajstić information content (AvgIpc) is 2.26. The normalized spacial score (nSPS) is 12.6. The van der Waals surface area contributed by atoms with Gasteiger partial charge in [-0.2, -0.15) is 0 Å². The molecule has 0 saturated carbocycles. The van der Waals surface area contributed by atoms with Gasteiger partial charge >= 0.3 is 0 Å². The molecule has 1 atom stereocenters. The van der Waals surface area contributed by atoms with Crippen LogP contribution in [0.4, 0.5) is 8.78 Å². The number of hydrogen-bond acceptors (Lipinski definition) is 3. The van der Waals surface area contributed by atoms with Crippen LogP contribution >= 0.6 is 0 Å². The number of aryl methyl sites for hydroxylation is 1. The molecule has 1 aromatic carbocycles. The first-order chi connectivity index (χ1) is 7.49. The van der Waals surface area contributed by atoms with Gasteiger partial charge in [0.2, 0.25) is 0 Å². The summed E-state index contributed by atoms with van der Waals surface area (Å²) in [5, 5.41) is 0. The summed E-state index contributed by atoms with van der Waals surface area (Å²) in [7, 11) is 1.37. The van der Waals surface area contributed by atoms with Gasteiger partial charge < -0.3 is 10.5 Å². The maximum Gasteiger partial charge on any atom is 0.184 e. The van der Waals surface area contributed by atoms with Crippen molar-refractivity contribution in [3.63, 3.8) is 0 Å². The van der Waals surface area contributed by atoms with Crippen molar-refractivity contribution in [1.29, 1.82) is 0 Å². The summed E-state index contributed by atoms with van der Waals surface area (Å²) in [5.74, 6) is -2.84. The number of rotatable bonds is 4. The van der Waals surface area contributed by atoms with Crippen LogP contribution in [0.15, 0.2) is 12.1 Å². The van der Waals surface area contributed by atoms with Crippen molar-refractivity contribution < 1.29 is 18.3 Å². The largest absolute Gasteiger partial charge is 0.383 e. The molecule has 0 aliphatic carbocycles. The predicted octanol–water partition coefficient (Wildman–Crippen LogP) is 1.43. The lowest BCUT2D eigenvalue weighted by Crippen LogP contribution is -2.35. The Hall–Kier alpha value is -1.33. The van der Waals surface area contributed by atoms with Crippen molar-refractivity contribution in [2.24, 2.45) is 5.73 Å². The molecule has 2 N–H and O–H groups in total. The Morgan fingerprint density at radius 3 is 2.62 bits per heavy atom. The third-order valence-corrected chi connectivity index (χ3v) is 2.22. The van der Waals surface area contributed by atoms with E-state index in [0.717, 1.165) is 0 Å². The van der Waals surface area contributed by atoms with Crippen LogP contribution in [0.3, 0.4) is 0 Å². The zero-order valence-corrected chi connectivity index (χ0v) is 9.09. The molecule has 3 nitrogen and oxygen atoms in total. The number of carbonyl (C=O) groups excluding carboxylic acids is 1. The van der Waals surface area contributed by atoms with E-state index >= 15 is 0 Å². The monoisotopic (exact) mass is 229 g/mol. The second-order valence-electron chi connectivity index (χ2n) is 3.48. The zero-order chi connectivity index (χ0) is 12.3. The van der Waals surface area contributed by atoms with Gasteiger partial charge in [-0.3, -0.25) is 4.79 Å². The van der Waals surface area contributed by atoms with Crippen molar-refractivity contribution in [3.05, 3.63) is 34.9 Å². The van der Waals surface area contributed by atoms with Gasteiger partial charge in [-0.15, -0.1) is 0 Å². The molecular formula is C11H13F2NO2. The highest BCUT2D eigenvalue weighted by Crippen LogP contribution is 2.16. The fourth-order valence-corrected chi connectivity index (χ4v) is 1.29. The van der Waals surface area contributed by atoms with Crippen molar-refractivity contribution >= 4 is 5.78 Å². The van der Waals surface area contributed by atoms with Gasteiger partial charge in [0.05, 0.1) is 18.2 Å². The van der Waals surface area contributed by atoms with E-state index in [9.17, 15) is 13.6 Å². The van der Waals surface area contributed by atoms with Crippen LogP contribution in [0.25, 0.3) is 0 Å². The molecule has 0 spiro atoms. The first kappa shape index (κ1) is 12.7. The minimum atomic E-state index is -1.16. The van der Waals surface area contributed by atoms with Crippen molar-refractivity contribution in [2.75, 3.05) is 13.7 Å². The molecule has 1 unspecified atom stereocenters. The van der Waals surface area contributed by atoms with E-state index in [2.05, 4.69) is 4.74 Å². The highest BCUT2D eigenvalue weighted by Gasteiger charge is 2.21. The van der Waals surface area contributed by atoms with Gasteiger partial charge in [-0.05, 0) is 18.6 Å². The molecular weight excluding hydrogens is 216 g/mol. The third-order valence-electron chi connectivity index (χ3n) is 2.22. The highest BCUT2D eigenvalue weighted by atomic mass is 19.2. The number of nitrogens with two attached hydrogens (primary N) is 1. The molecule has 1 aromatic rings. The first-order valence-corrected chi connectivity index (χ1v) is 4.72. The van der Waals surface area contributed by atoms with Crippen molar-refractivity contribution in [2.45, 2.75) is 13.0 Å². The summed E-state index contributed by atoms with van der Waals surface area (Å²) in [6.45, 7) is 1.38. The molecule has 0 radical (unpaired) electrons. The molecule has 0 heterocycles. The van der Waals surface area contributed by atoms with E-state index < -0.39 is 23.5 Å². The van der Waals surface area contributed by atoms with Crippen LogP contribution < -0.4 is 5.73 Å². The lowest BCUT2D eigenvalue weighted by atomic mass is 10.0. The number of benzene rings is 1. The van der Waals surface area contributed by atoms with E-state index in [1.54, 1.807) is 0 Å². The molecule has 1 rings (SSSR count). The molecule has 16 heavy (non-hydrogen) atoms. The highest BCUT2D eigenvalue weighted by molar-refractivity contribution is 6.00. The van der Waals surface area contributed by atoms with Crippen molar-refractivity contribution in [1.82, 2.24) is 0 Å². The summed E-state index contributed by atoms with van der Waals surface area (Å²) < 4.78 is 31.3. The molecule has 88 valence electrons. The topological polar surface area (TPSA) is 52.3 Å². The Bertz CT molecular complexity index is 407. The number of ether oxygens (including phenoxy) is 1. The SMILES string of the molecule is COCC(N)C(=O)c1ccc(C)c(F)c1F. The summed E-state index contributed by atoms with van der Waals surface area (Å²) in [5.41, 5.74) is 5.26. The van der Waals surface area contributed by atoms with E-state index in [1.807, 2.05) is 0 Å². The minimum absolute atomic E-state index is 0.0340. The van der Waals surface area contributed by atoms with E-state index in [4.69, 9.17) is 5.73 Å². The molecule has 0 aromatic heterocycles. The second kappa shape index (κ2) is 5.14. The number of Topliss-reactive ketones (excluding diaryl/α,β-unsaturated/α-hetero) is 1. The molecule has 0 bridgehead atoms. The number of methoxy groups -OCH3 is 1. The van der Waals surface area contributed by atoms with E-state index in [0.29, 0.717) is 0 Å². The van der Waals surface area contributed by atoms with Crippen LogP contribution in [-0.4, -0.2) is 25.5 Å². The number of hydrogen-bond donors (Lipinski definition) is 1. The fourth-order valence-electron chi connectivity index (χ4n) is 1.29. The van der Waals surface area contributed by atoms with Crippen LogP contribution in [0.5, 0.6) is 0 Å². The summed E-state index contributed by atoms with van der Waals surface area (Å²) in [6, 6.07) is 1.58. The van der Waals surface area contributed by atoms with Gasteiger partial charge in [0, 0.05) is 7.11 Å². The van der Waals surface area contributed by atoms with E-state index in [1.165, 1.54) is 26.2 Å². The van der Waals surface area contributed by atoms with Crippen LogP contribution in [0, 0.1) is 18.6 Å². The van der Waals surface area contributed by atoms with Crippen LogP contribution in [0.2, 0.25) is 0 Å². The number of halogens is 2. The fraction of sp³-hybridized carbons (Fsp3) is 0.364. The standard InChI is InChI=1S/C11H13F2NO2/c1-6-3-4-7(10(13)9(6)12)11(15)8(14)5-16-2/h3-4,8H,5,14H2,1-2H3. The maximum absolute atomic E-state index is 13.4. The zero-order valence-electron chi connectivity index (χ0n) is 9.09. The molecule has 0 fully saturated rings. The summed E-state index contributed by atoms with van der Waals surface area (Å²) in [6.07, 6.45) is 0. The number of carbonyl (C=O) groups is 1. The molecule has 0 aliphatic heterocycles. The summed E-state index contributed by atoms with van der Waals surface area (Å²) in [4.78, 5) is 11.6. The lowest BCUT2D eigenvalue weighted by Gasteiger charge is -2.10. The Morgan fingerprint density at radius 2 is 2.06 bits per heavy atom. The quantitative estimate of drug-likeness (QED) is 0.794. The Kier molecular flexibility index (Phi) is 4.09. The van der Waals surface area contributed by atoms with Crippen LogP contribution in [0.1, 0.15) is 15.9 Å². The van der Waals surface area contributed by atoms with Crippen LogP contribution in [-0.2, 0) is 4.74 Å². The van der Waals surface area contributed by atoms with Gasteiger partial charge in [0.1, 0.15) is 0 Å². The lowest BCUT2D eigenvalue weighted by molar-refractivity contribution is 0.0887. The number of ketones is 1. The maximum atomic E-state index is 13.4. The molecule has 0 aliphatic rings.